The van der Waals surface area contributed by atoms with E-state index in [1.165, 1.54) is 13.2 Å². The fraction of sp³-hybridized carbons (Fsp3) is 0.632. The molecule has 146 valence electrons. The summed E-state index contributed by atoms with van der Waals surface area (Å²) in [5, 5.41) is 2.83. The van der Waals surface area contributed by atoms with E-state index in [2.05, 4.69) is 5.32 Å². The Morgan fingerprint density at radius 3 is 2.46 bits per heavy atom. The molecule has 1 aromatic carbocycles. The molecule has 1 aliphatic heterocycles. The van der Waals surface area contributed by atoms with Crippen molar-refractivity contribution in [3.63, 3.8) is 0 Å². The first kappa shape index (κ1) is 20.7. The second-order valence-corrected chi connectivity index (χ2v) is 8.80. The van der Waals surface area contributed by atoms with Crippen LogP contribution < -0.4 is 10.1 Å². The van der Waals surface area contributed by atoms with E-state index < -0.39 is 10.0 Å². The lowest BCUT2D eigenvalue weighted by Gasteiger charge is -2.21. The summed E-state index contributed by atoms with van der Waals surface area (Å²) in [5.74, 6) is 0.182. The summed E-state index contributed by atoms with van der Waals surface area (Å²) in [5.41, 5.74) is 0.399. The van der Waals surface area contributed by atoms with Gasteiger partial charge in [-0.2, -0.15) is 4.31 Å². The van der Waals surface area contributed by atoms with Gasteiger partial charge in [-0.05, 0) is 37.5 Å². The van der Waals surface area contributed by atoms with Crippen molar-refractivity contribution >= 4 is 21.6 Å². The minimum atomic E-state index is -3.57. The smallest absolute Gasteiger partial charge is 0.243 e. The number of amides is 1. The monoisotopic (exact) mass is 382 g/mol. The molecular weight excluding hydrogens is 352 g/mol. The van der Waals surface area contributed by atoms with Crippen LogP contribution in [-0.4, -0.2) is 38.8 Å². The Hall–Kier alpha value is -1.60. The highest BCUT2D eigenvalue weighted by molar-refractivity contribution is 7.89. The van der Waals surface area contributed by atoms with Gasteiger partial charge in [0.25, 0.3) is 0 Å². The lowest BCUT2D eigenvalue weighted by atomic mass is 10.1. The van der Waals surface area contributed by atoms with Crippen LogP contribution in [0.1, 0.15) is 52.4 Å². The molecule has 1 saturated heterocycles. The molecule has 1 amide bonds. The zero-order chi connectivity index (χ0) is 19.2. The second kappa shape index (κ2) is 9.37. The van der Waals surface area contributed by atoms with Crippen molar-refractivity contribution < 1.29 is 17.9 Å². The molecule has 26 heavy (non-hydrogen) atoms. The quantitative estimate of drug-likeness (QED) is 0.781. The van der Waals surface area contributed by atoms with Gasteiger partial charge in [0.2, 0.25) is 15.9 Å². The normalized spacial score (nSPS) is 17.3. The van der Waals surface area contributed by atoms with Crippen LogP contribution in [0.15, 0.2) is 23.1 Å². The van der Waals surface area contributed by atoms with E-state index in [9.17, 15) is 13.2 Å². The third kappa shape index (κ3) is 4.98. The molecule has 1 heterocycles. The van der Waals surface area contributed by atoms with Crippen LogP contribution in [0.4, 0.5) is 5.69 Å². The minimum absolute atomic E-state index is 0.130. The fourth-order valence-corrected chi connectivity index (χ4v) is 4.74. The summed E-state index contributed by atoms with van der Waals surface area (Å²) in [7, 11) is -2.07. The number of hydrogen-bond acceptors (Lipinski definition) is 4. The highest BCUT2D eigenvalue weighted by Gasteiger charge is 2.26. The Kier molecular flexibility index (Phi) is 7.46. The van der Waals surface area contributed by atoms with Crippen molar-refractivity contribution in [2.75, 3.05) is 25.5 Å². The van der Waals surface area contributed by atoms with E-state index in [0.717, 1.165) is 38.5 Å². The van der Waals surface area contributed by atoms with Gasteiger partial charge in [-0.25, -0.2) is 8.42 Å². The first-order chi connectivity index (χ1) is 12.4. The minimum Gasteiger partial charge on any atom is -0.495 e. The maximum atomic E-state index is 13.0. The van der Waals surface area contributed by atoms with Crippen molar-refractivity contribution in [1.29, 1.82) is 0 Å². The van der Waals surface area contributed by atoms with E-state index in [1.807, 2.05) is 13.8 Å². The molecule has 0 aromatic heterocycles. The van der Waals surface area contributed by atoms with E-state index in [0.29, 0.717) is 24.5 Å². The molecule has 1 aliphatic rings. The Morgan fingerprint density at radius 2 is 1.88 bits per heavy atom. The van der Waals surface area contributed by atoms with Gasteiger partial charge in [-0.1, -0.05) is 33.1 Å². The van der Waals surface area contributed by atoms with Crippen LogP contribution in [0.2, 0.25) is 0 Å². The van der Waals surface area contributed by atoms with Gasteiger partial charge in [0, 0.05) is 19.0 Å². The fourth-order valence-electron chi connectivity index (χ4n) is 3.20. The number of benzene rings is 1. The summed E-state index contributed by atoms with van der Waals surface area (Å²) in [4.78, 5) is 12.5. The summed E-state index contributed by atoms with van der Waals surface area (Å²) < 4.78 is 32.8. The second-order valence-electron chi connectivity index (χ2n) is 6.86. The number of carbonyl (C=O) groups excluding carboxylic acids is 1. The number of ether oxygens (including phenoxy) is 1. The summed E-state index contributed by atoms with van der Waals surface area (Å²) >= 11 is 0. The lowest BCUT2D eigenvalue weighted by Crippen LogP contribution is -2.32. The molecule has 2 rings (SSSR count). The molecule has 1 fully saturated rings. The van der Waals surface area contributed by atoms with Crippen molar-refractivity contribution in [2.45, 2.75) is 57.3 Å². The van der Waals surface area contributed by atoms with E-state index >= 15 is 0 Å². The zero-order valence-electron chi connectivity index (χ0n) is 16.0. The molecule has 0 aliphatic carbocycles. The number of methoxy groups -OCH3 is 1. The van der Waals surface area contributed by atoms with Gasteiger partial charge in [0.15, 0.2) is 0 Å². The molecule has 1 aromatic rings. The zero-order valence-corrected chi connectivity index (χ0v) is 16.8. The topological polar surface area (TPSA) is 75.7 Å². The van der Waals surface area contributed by atoms with E-state index in [1.54, 1.807) is 16.4 Å². The number of nitrogens with zero attached hydrogens (tertiary/aromatic N) is 1. The van der Waals surface area contributed by atoms with Crippen LogP contribution >= 0.6 is 0 Å². The molecule has 1 atom stereocenters. The van der Waals surface area contributed by atoms with Crippen LogP contribution in [0.3, 0.4) is 0 Å². The predicted octanol–water partition coefficient (Wildman–Crippen LogP) is 3.63. The standard InChI is InChI=1S/C19H30N2O4S/c1-4-9-15(2)19(22)20-17-14-16(10-11-18(17)25-3)26(23,24)21-12-7-5-6-8-13-21/h10-11,14-15H,4-9,12-13H2,1-3H3,(H,20,22)/t15-/m1/s1. The van der Waals surface area contributed by atoms with Crippen LogP contribution in [0, 0.1) is 5.92 Å². The Balaban J connectivity index is 2.28. The SMILES string of the molecule is CCC[C@@H](C)C(=O)Nc1cc(S(=O)(=O)N2CCCCCC2)ccc1OC. The Morgan fingerprint density at radius 1 is 1.23 bits per heavy atom. The molecule has 0 bridgehead atoms. The van der Waals surface area contributed by atoms with Gasteiger partial charge in [0.1, 0.15) is 5.75 Å². The maximum absolute atomic E-state index is 13.0. The van der Waals surface area contributed by atoms with Gasteiger partial charge in [-0.15, -0.1) is 0 Å². The number of nitrogens with one attached hydrogen (secondary N) is 1. The van der Waals surface area contributed by atoms with Crippen molar-refractivity contribution in [2.24, 2.45) is 5.92 Å². The summed E-state index contributed by atoms with van der Waals surface area (Å²) in [6.45, 7) is 4.98. The molecule has 1 N–H and O–H groups in total. The number of hydrogen-bond donors (Lipinski definition) is 1. The third-order valence-corrected chi connectivity index (χ3v) is 6.70. The molecule has 0 radical (unpaired) electrons. The molecule has 0 spiro atoms. The number of carbonyl (C=O) groups is 1. The van der Waals surface area contributed by atoms with Crippen LogP contribution in [0.5, 0.6) is 5.75 Å². The highest BCUT2D eigenvalue weighted by Crippen LogP contribution is 2.30. The molecular formula is C19H30N2O4S. The van der Waals surface area contributed by atoms with E-state index in [4.69, 9.17) is 4.74 Å². The highest BCUT2D eigenvalue weighted by atomic mass is 32.2. The van der Waals surface area contributed by atoms with E-state index in [-0.39, 0.29) is 16.7 Å². The Labute approximate surface area is 157 Å². The first-order valence-electron chi connectivity index (χ1n) is 9.39. The maximum Gasteiger partial charge on any atom is 0.243 e. The molecule has 0 saturated carbocycles. The largest absolute Gasteiger partial charge is 0.495 e. The van der Waals surface area contributed by atoms with Gasteiger partial charge in [-0.3, -0.25) is 4.79 Å². The van der Waals surface area contributed by atoms with Crippen molar-refractivity contribution in [3.05, 3.63) is 18.2 Å². The van der Waals surface area contributed by atoms with Crippen molar-refractivity contribution in [1.82, 2.24) is 4.31 Å². The number of rotatable bonds is 7. The third-order valence-electron chi connectivity index (χ3n) is 4.80. The predicted molar refractivity (Wildman–Crippen MR) is 103 cm³/mol. The number of anilines is 1. The van der Waals surface area contributed by atoms with Crippen molar-refractivity contribution in [3.8, 4) is 5.75 Å². The van der Waals surface area contributed by atoms with Crippen LogP contribution in [-0.2, 0) is 14.8 Å². The van der Waals surface area contributed by atoms with Crippen LogP contribution in [0.25, 0.3) is 0 Å². The summed E-state index contributed by atoms with van der Waals surface area (Å²) in [6.07, 6.45) is 5.58. The lowest BCUT2D eigenvalue weighted by molar-refractivity contribution is -0.119. The molecule has 7 heteroatoms. The average molecular weight is 383 g/mol. The first-order valence-corrected chi connectivity index (χ1v) is 10.8. The number of sulfonamides is 1. The van der Waals surface area contributed by atoms with Gasteiger partial charge < -0.3 is 10.1 Å². The summed E-state index contributed by atoms with van der Waals surface area (Å²) in [6, 6.07) is 4.66. The Bertz CT molecular complexity index is 710. The molecule has 6 nitrogen and oxygen atoms in total. The molecule has 0 unspecified atom stereocenters. The average Bonchev–Trinajstić information content (AvgIpc) is 2.91. The van der Waals surface area contributed by atoms with Gasteiger partial charge >= 0.3 is 0 Å². The van der Waals surface area contributed by atoms with Gasteiger partial charge in [0.05, 0.1) is 17.7 Å².